The van der Waals surface area contributed by atoms with Crippen molar-refractivity contribution in [1.29, 1.82) is 0 Å². The minimum Gasteiger partial charge on any atom is -0.373 e. The van der Waals surface area contributed by atoms with E-state index in [0.29, 0.717) is 5.13 Å². The van der Waals surface area contributed by atoms with Crippen LogP contribution in [0.4, 0.5) is 5.13 Å². The SMILES string of the molecule is CCCC(C)C(=O)Nc1nc(CN2CC(C)OC(C)C2)cs1. The Kier molecular flexibility index (Phi) is 6.35. The highest BCUT2D eigenvalue weighted by atomic mass is 32.1. The standard InChI is InChI=1S/C16H27N3O2S/c1-5-6-11(2)15(20)18-16-17-14(10-22-16)9-19-7-12(3)21-13(4)8-19/h10-13H,5-9H2,1-4H3,(H,17,18,20). The molecule has 1 N–H and O–H groups in total. The third-order valence-electron chi connectivity index (χ3n) is 3.83. The van der Waals surface area contributed by atoms with Crippen LogP contribution in [0, 0.1) is 5.92 Å². The number of carbonyl (C=O) groups is 1. The molecular weight excluding hydrogens is 298 g/mol. The van der Waals surface area contributed by atoms with E-state index < -0.39 is 0 Å². The number of aromatic nitrogens is 1. The van der Waals surface area contributed by atoms with Gasteiger partial charge in [-0.1, -0.05) is 20.3 Å². The summed E-state index contributed by atoms with van der Waals surface area (Å²) in [6.07, 6.45) is 2.45. The maximum absolute atomic E-state index is 12.0. The van der Waals surface area contributed by atoms with Crippen molar-refractivity contribution in [3.05, 3.63) is 11.1 Å². The summed E-state index contributed by atoms with van der Waals surface area (Å²) < 4.78 is 5.74. The first-order valence-corrected chi connectivity index (χ1v) is 8.99. The third kappa shape index (κ3) is 5.04. The van der Waals surface area contributed by atoms with E-state index in [2.05, 4.69) is 36.0 Å². The first-order valence-electron chi connectivity index (χ1n) is 8.11. The summed E-state index contributed by atoms with van der Waals surface area (Å²) in [7, 11) is 0. The molecule has 6 heteroatoms. The molecule has 0 aromatic carbocycles. The number of hydrogen-bond donors (Lipinski definition) is 1. The maximum atomic E-state index is 12.0. The number of anilines is 1. The molecule has 5 nitrogen and oxygen atoms in total. The van der Waals surface area contributed by atoms with E-state index in [0.717, 1.165) is 38.2 Å². The minimum absolute atomic E-state index is 0.0401. The largest absolute Gasteiger partial charge is 0.373 e. The average Bonchev–Trinajstić information content (AvgIpc) is 2.84. The summed E-state index contributed by atoms with van der Waals surface area (Å²) in [4.78, 5) is 18.9. The summed E-state index contributed by atoms with van der Waals surface area (Å²) in [5, 5.41) is 5.67. The molecule has 0 aliphatic carbocycles. The van der Waals surface area contributed by atoms with Gasteiger partial charge < -0.3 is 10.1 Å². The van der Waals surface area contributed by atoms with Crippen LogP contribution >= 0.6 is 11.3 Å². The molecule has 124 valence electrons. The lowest BCUT2D eigenvalue weighted by Crippen LogP contribution is -2.44. The Morgan fingerprint density at radius 3 is 2.82 bits per heavy atom. The molecule has 2 heterocycles. The van der Waals surface area contributed by atoms with Gasteiger partial charge in [0.2, 0.25) is 5.91 Å². The highest BCUT2D eigenvalue weighted by molar-refractivity contribution is 7.13. The fraction of sp³-hybridized carbons (Fsp3) is 0.750. The van der Waals surface area contributed by atoms with Gasteiger partial charge in [0.25, 0.3) is 0 Å². The Hall–Kier alpha value is -0.980. The van der Waals surface area contributed by atoms with Crippen molar-refractivity contribution in [3.63, 3.8) is 0 Å². The second-order valence-electron chi connectivity index (χ2n) is 6.27. The zero-order valence-corrected chi connectivity index (χ0v) is 14.8. The molecular formula is C16H27N3O2S. The van der Waals surface area contributed by atoms with E-state index in [4.69, 9.17) is 4.74 Å². The first-order chi connectivity index (χ1) is 10.5. The lowest BCUT2D eigenvalue weighted by Gasteiger charge is -2.34. The van der Waals surface area contributed by atoms with Crippen molar-refractivity contribution >= 4 is 22.4 Å². The predicted octanol–water partition coefficient (Wildman–Crippen LogP) is 3.13. The summed E-state index contributed by atoms with van der Waals surface area (Å²) >= 11 is 1.50. The molecule has 22 heavy (non-hydrogen) atoms. The molecule has 2 rings (SSSR count). The zero-order chi connectivity index (χ0) is 16.1. The van der Waals surface area contributed by atoms with Gasteiger partial charge in [0.05, 0.1) is 17.9 Å². The molecule has 0 bridgehead atoms. The normalized spacial score (nSPS) is 24.2. The Morgan fingerprint density at radius 2 is 2.18 bits per heavy atom. The van der Waals surface area contributed by atoms with E-state index in [9.17, 15) is 4.79 Å². The van der Waals surface area contributed by atoms with Gasteiger partial charge in [-0.05, 0) is 20.3 Å². The van der Waals surface area contributed by atoms with Crippen LogP contribution in [-0.2, 0) is 16.1 Å². The van der Waals surface area contributed by atoms with Crippen molar-refractivity contribution in [1.82, 2.24) is 9.88 Å². The molecule has 1 saturated heterocycles. The number of rotatable bonds is 6. The third-order valence-corrected chi connectivity index (χ3v) is 4.64. The Morgan fingerprint density at radius 1 is 1.50 bits per heavy atom. The van der Waals surface area contributed by atoms with Crippen molar-refractivity contribution in [2.75, 3.05) is 18.4 Å². The molecule has 0 radical (unpaired) electrons. The topological polar surface area (TPSA) is 54.5 Å². The van der Waals surface area contributed by atoms with Crippen LogP contribution in [0.3, 0.4) is 0 Å². The van der Waals surface area contributed by atoms with Crippen LogP contribution in [-0.4, -0.2) is 41.1 Å². The fourth-order valence-corrected chi connectivity index (χ4v) is 3.58. The van der Waals surface area contributed by atoms with Gasteiger partial charge in [-0.3, -0.25) is 9.69 Å². The van der Waals surface area contributed by atoms with Gasteiger partial charge in [-0.2, -0.15) is 0 Å². The van der Waals surface area contributed by atoms with E-state index in [1.807, 2.05) is 12.3 Å². The number of morpholine rings is 1. The minimum atomic E-state index is 0.0401. The van der Waals surface area contributed by atoms with Gasteiger partial charge >= 0.3 is 0 Å². The van der Waals surface area contributed by atoms with Crippen molar-refractivity contribution in [2.24, 2.45) is 5.92 Å². The molecule has 0 saturated carbocycles. The number of carbonyl (C=O) groups excluding carboxylic acids is 1. The van der Waals surface area contributed by atoms with Gasteiger partial charge in [-0.25, -0.2) is 4.98 Å². The van der Waals surface area contributed by atoms with Crippen LogP contribution in [0.5, 0.6) is 0 Å². The number of thiazole rings is 1. The number of amides is 1. The second-order valence-corrected chi connectivity index (χ2v) is 7.13. The van der Waals surface area contributed by atoms with E-state index in [-0.39, 0.29) is 24.0 Å². The number of nitrogens with one attached hydrogen (secondary N) is 1. The summed E-state index contributed by atoms with van der Waals surface area (Å²) in [6, 6.07) is 0. The maximum Gasteiger partial charge on any atom is 0.228 e. The van der Waals surface area contributed by atoms with Crippen LogP contribution in [0.1, 0.15) is 46.2 Å². The van der Waals surface area contributed by atoms with Crippen LogP contribution in [0.2, 0.25) is 0 Å². The van der Waals surface area contributed by atoms with Gasteiger partial charge in [0.1, 0.15) is 0 Å². The van der Waals surface area contributed by atoms with E-state index in [1.54, 1.807) is 0 Å². The number of hydrogen-bond acceptors (Lipinski definition) is 5. The van der Waals surface area contributed by atoms with E-state index in [1.165, 1.54) is 11.3 Å². The molecule has 3 unspecified atom stereocenters. The highest BCUT2D eigenvalue weighted by Gasteiger charge is 2.23. The van der Waals surface area contributed by atoms with Crippen molar-refractivity contribution in [3.8, 4) is 0 Å². The number of nitrogens with zero attached hydrogens (tertiary/aromatic N) is 2. The molecule has 1 aromatic heterocycles. The molecule has 3 atom stereocenters. The van der Waals surface area contributed by atoms with Gasteiger partial charge in [-0.15, -0.1) is 11.3 Å². The Labute approximate surface area is 137 Å². The summed E-state index contributed by atoms with van der Waals surface area (Å²) in [5.74, 6) is 0.106. The Bertz CT molecular complexity index is 481. The van der Waals surface area contributed by atoms with Crippen LogP contribution < -0.4 is 5.32 Å². The van der Waals surface area contributed by atoms with E-state index >= 15 is 0 Å². The van der Waals surface area contributed by atoms with Gasteiger partial charge in [0.15, 0.2) is 5.13 Å². The van der Waals surface area contributed by atoms with Crippen LogP contribution in [0.25, 0.3) is 0 Å². The quantitative estimate of drug-likeness (QED) is 0.873. The second kappa shape index (κ2) is 8.04. The summed E-state index contributed by atoms with van der Waals surface area (Å²) in [5.41, 5.74) is 1.02. The van der Waals surface area contributed by atoms with Gasteiger partial charge in [0, 0.05) is 30.9 Å². The lowest BCUT2D eigenvalue weighted by atomic mass is 10.1. The van der Waals surface area contributed by atoms with Crippen LogP contribution in [0.15, 0.2) is 5.38 Å². The predicted molar refractivity (Wildman–Crippen MR) is 90.1 cm³/mol. The Balaban J connectivity index is 1.87. The molecule has 1 fully saturated rings. The molecule has 1 aromatic rings. The lowest BCUT2D eigenvalue weighted by molar-refractivity contribution is -0.119. The highest BCUT2D eigenvalue weighted by Crippen LogP contribution is 2.20. The first kappa shape index (κ1) is 17.4. The number of ether oxygens (including phenoxy) is 1. The smallest absolute Gasteiger partial charge is 0.228 e. The molecule has 1 aliphatic rings. The molecule has 1 aliphatic heterocycles. The average molecular weight is 325 g/mol. The van der Waals surface area contributed by atoms with Crippen molar-refractivity contribution in [2.45, 2.75) is 59.3 Å². The monoisotopic (exact) mass is 325 g/mol. The zero-order valence-electron chi connectivity index (χ0n) is 14.0. The summed E-state index contributed by atoms with van der Waals surface area (Å²) in [6.45, 7) is 10.9. The van der Waals surface area contributed by atoms with Crippen molar-refractivity contribution < 1.29 is 9.53 Å². The molecule has 1 amide bonds. The molecule has 0 spiro atoms. The fourth-order valence-electron chi connectivity index (χ4n) is 2.87.